The number of ether oxygens (including phenoxy) is 1. The highest BCUT2D eigenvalue weighted by Crippen LogP contribution is 2.27. The van der Waals surface area contributed by atoms with E-state index in [9.17, 15) is 4.79 Å². The van der Waals surface area contributed by atoms with Crippen molar-refractivity contribution in [3.05, 3.63) is 30.1 Å². The number of hydrogen-bond donors (Lipinski definition) is 1. The first kappa shape index (κ1) is 13.6. The van der Waals surface area contributed by atoms with Gasteiger partial charge in [-0.2, -0.15) is 0 Å². The number of nitrogens with one attached hydrogen (secondary N) is 1. The minimum atomic E-state index is -0.236. The lowest BCUT2D eigenvalue weighted by Crippen LogP contribution is -2.35. The van der Waals surface area contributed by atoms with Gasteiger partial charge in [-0.05, 0) is 25.1 Å². The molecule has 0 bridgehead atoms. The van der Waals surface area contributed by atoms with E-state index in [0.29, 0.717) is 0 Å². The molecule has 1 aromatic rings. The zero-order valence-corrected chi connectivity index (χ0v) is 10.8. The highest BCUT2D eigenvalue weighted by atomic mass is 16.5. The van der Waals surface area contributed by atoms with E-state index in [2.05, 4.69) is 10.3 Å². The fourth-order valence-electron chi connectivity index (χ4n) is 2.00. The van der Waals surface area contributed by atoms with Crippen molar-refractivity contribution in [2.75, 3.05) is 14.2 Å². The maximum atomic E-state index is 11.8. The van der Waals surface area contributed by atoms with Crippen LogP contribution in [-0.4, -0.2) is 25.1 Å². The quantitative estimate of drug-likeness (QED) is 0.792. The Morgan fingerprint density at radius 2 is 2.12 bits per heavy atom. The van der Waals surface area contributed by atoms with Gasteiger partial charge >= 0.3 is 5.97 Å². The Kier molecular flexibility index (Phi) is 5.10. The molecule has 0 fully saturated rings. The smallest absolute Gasteiger partial charge is 0.310 e. The fourth-order valence-corrected chi connectivity index (χ4v) is 2.00. The van der Waals surface area contributed by atoms with Gasteiger partial charge < -0.3 is 10.1 Å². The monoisotopic (exact) mass is 236 g/mol. The number of pyridine rings is 1. The van der Waals surface area contributed by atoms with E-state index in [1.807, 2.05) is 39.1 Å². The molecule has 0 radical (unpaired) electrons. The Labute approximate surface area is 102 Å². The van der Waals surface area contributed by atoms with Crippen LogP contribution in [0.3, 0.4) is 0 Å². The second-order valence-electron chi connectivity index (χ2n) is 4.31. The molecule has 0 saturated heterocycles. The summed E-state index contributed by atoms with van der Waals surface area (Å²) in [6, 6.07) is 5.57. The predicted molar refractivity (Wildman–Crippen MR) is 66.4 cm³/mol. The molecule has 1 N–H and O–H groups in total. The van der Waals surface area contributed by atoms with Crippen molar-refractivity contribution in [3.63, 3.8) is 0 Å². The molecule has 0 amide bonds. The van der Waals surface area contributed by atoms with Crippen LogP contribution in [0.15, 0.2) is 24.4 Å². The molecule has 0 spiro atoms. The number of nitrogens with zero attached hydrogens (tertiary/aromatic N) is 1. The molecule has 0 saturated carbocycles. The lowest BCUT2D eigenvalue weighted by molar-refractivity contribution is -0.148. The number of carbonyl (C=O) groups excluding carboxylic acids is 1. The summed E-state index contributed by atoms with van der Waals surface area (Å²) >= 11 is 0. The number of methoxy groups -OCH3 is 1. The van der Waals surface area contributed by atoms with Gasteiger partial charge in [0.15, 0.2) is 0 Å². The van der Waals surface area contributed by atoms with Crippen molar-refractivity contribution in [3.8, 4) is 0 Å². The van der Waals surface area contributed by atoms with E-state index in [4.69, 9.17) is 4.74 Å². The Balaban J connectivity index is 3.02. The summed E-state index contributed by atoms with van der Waals surface area (Å²) in [5, 5.41) is 3.15. The van der Waals surface area contributed by atoms with Crippen LogP contribution in [0.1, 0.15) is 25.6 Å². The number of aromatic nitrogens is 1. The van der Waals surface area contributed by atoms with Crippen LogP contribution in [0.4, 0.5) is 0 Å². The molecule has 4 nitrogen and oxygen atoms in total. The van der Waals surface area contributed by atoms with Crippen LogP contribution in [0, 0.1) is 11.8 Å². The predicted octanol–water partition coefficient (Wildman–Crippen LogP) is 1.79. The van der Waals surface area contributed by atoms with Crippen LogP contribution >= 0.6 is 0 Å². The molecular formula is C13H20N2O2. The van der Waals surface area contributed by atoms with Crippen molar-refractivity contribution in [1.29, 1.82) is 0 Å². The van der Waals surface area contributed by atoms with E-state index < -0.39 is 0 Å². The molecule has 4 heteroatoms. The van der Waals surface area contributed by atoms with Crippen LogP contribution in [0.25, 0.3) is 0 Å². The standard InChI is InChI=1S/C13H20N2O2/c1-9(2)11(13(16)17-4)12(14-3)10-7-5-6-8-15-10/h5-9,11-12,14H,1-4H3. The van der Waals surface area contributed by atoms with Gasteiger partial charge in [-0.25, -0.2) is 0 Å². The van der Waals surface area contributed by atoms with Gasteiger partial charge in [0, 0.05) is 6.20 Å². The highest BCUT2D eigenvalue weighted by Gasteiger charge is 2.32. The minimum Gasteiger partial charge on any atom is -0.469 e. The van der Waals surface area contributed by atoms with Gasteiger partial charge in [-0.1, -0.05) is 19.9 Å². The number of hydrogen-bond acceptors (Lipinski definition) is 4. The zero-order chi connectivity index (χ0) is 12.8. The summed E-state index contributed by atoms with van der Waals surface area (Å²) in [4.78, 5) is 16.1. The topological polar surface area (TPSA) is 51.2 Å². The third kappa shape index (κ3) is 3.27. The molecule has 94 valence electrons. The van der Waals surface area contributed by atoms with Gasteiger partial charge in [0.1, 0.15) is 0 Å². The summed E-state index contributed by atoms with van der Waals surface area (Å²) in [5.74, 6) is -0.258. The lowest BCUT2D eigenvalue weighted by Gasteiger charge is -2.27. The minimum absolute atomic E-state index is 0.122. The first-order valence-corrected chi connectivity index (χ1v) is 5.77. The van der Waals surface area contributed by atoms with Crippen molar-refractivity contribution in [2.24, 2.45) is 11.8 Å². The Morgan fingerprint density at radius 3 is 2.53 bits per heavy atom. The van der Waals surface area contributed by atoms with Crippen LogP contribution < -0.4 is 5.32 Å². The SMILES string of the molecule is CNC(c1ccccn1)C(C(=O)OC)C(C)C. The van der Waals surface area contributed by atoms with Crippen molar-refractivity contribution < 1.29 is 9.53 Å². The summed E-state index contributed by atoms with van der Waals surface area (Å²) in [5.41, 5.74) is 0.860. The Bertz CT molecular complexity index is 352. The summed E-state index contributed by atoms with van der Waals surface area (Å²) in [6.45, 7) is 4.02. The molecule has 2 unspecified atom stereocenters. The normalized spacial score (nSPS) is 14.4. The van der Waals surface area contributed by atoms with E-state index in [0.717, 1.165) is 5.69 Å². The van der Waals surface area contributed by atoms with Crippen molar-refractivity contribution in [2.45, 2.75) is 19.9 Å². The largest absolute Gasteiger partial charge is 0.469 e. The van der Waals surface area contributed by atoms with E-state index in [1.54, 1.807) is 6.20 Å². The van der Waals surface area contributed by atoms with E-state index in [1.165, 1.54) is 7.11 Å². The molecule has 1 aromatic heterocycles. The second-order valence-corrected chi connectivity index (χ2v) is 4.31. The number of carbonyl (C=O) groups is 1. The maximum Gasteiger partial charge on any atom is 0.310 e. The van der Waals surface area contributed by atoms with Crippen molar-refractivity contribution >= 4 is 5.97 Å². The highest BCUT2D eigenvalue weighted by molar-refractivity contribution is 5.73. The van der Waals surface area contributed by atoms with Gasteiger partial charge in [0.25, 0.3) is 0 Å². The van der Waals surface area contributed by atoms with E-state index in [-0.39, 0.29) is 23.8 Å². The first-order valence-electron chi connectivity index (χ1n) is 5.77. The van der Waals surface area contributed by atoms with Gasteiger partial charge in [0.2, 0.25) is 0 Å². The van der Waals surface area contributed by atoms with Crippen molar-refractivity contribution in [1.82, 2.24) is 10.3 Å². The molecule has 0 aliphatic rings. The summed E-state index contributed by atoms with van der Waals surface area (Å²) in [6.07, 6.45) is 1.73. The number of rotatable bonds is 5. The van der Waals surface area contributed by atoms with Gasteiger partial charge in [0.05, 0.1) is 24.8 Å². The average Bonchev–Trinajstić information content (AvgIpc) is 2.35. The zero-order valence-electron chi connectivity index (χ0n) is 10.8. The molecule has 17 heavy (non-hydrogen) atoms. The Morgan fingerprint density at radius 1 is 1.41 bits per heavy atom. The third-order valence-corrected chi connectivity index (χ3v) is 2.87. The molecule has 0 aliphatic carbocycles. The molecular weight excluding hydrogens is 216 g/mol. The van der Waals surface area contributed by atoms with Gasteiger partial charge in [-0.15, -0.1) is 0 Å². The molecule has 1 heterocycles. The fraction of sp³-hybridized carbons (Fsp3) is 0.538. The molecule has 2 atom stereocenters. The van der Waals surface area contributed by atoms with E-state index >= 15 is 0 Å². The van der Waals surface area contributed by atoms with Crippen LogP contribution in [0.2, 0.25) is 0 Å². The molecule has 0 aromatic carbocycles. The Hall–Kier alpha value is -1.42. The summed E-state index contributed by atoms with van der Waals surface area (Å²) in [7, 11) is 3.25. The maximum absolute atomic E-state index is 11.8. The van der Waals surface area contributed by atoms with Crippen LogP contribution in [-0.2, 0) is 9.53 Å². The first-order chi connectivity index (χ1) is 8.11. The molecule has 1 rings (SSSR count). The molecule has 0 aliphatic heterocycles. The lowest BCUT2D eigenvalue weighted by atomic mass is 9.86. The third-order valence-electron chi connectivity index (χ3n) is 2.87. The number of esters is 1. The van der Waals surface area contributed by atoms with Crippen LogP contribution in [0.5, 0.6) is 0 Å². The van der Waals surface area contributed by atoms with Gasteiger partial charge in [-0.3, -0.25) is 9.78 Å². The average molecular weight is 236 g/mol. The summed E-state index contributed by atoms with van der Waals surface area (Å²) < 4.78 is 4.87. The second kappa shape index (κ2) is 6.35.